The fourth-order valence-electron chi connectivity index (χ4n) is 15.8. The summed E-state index contributed by atoms with van der Waals surface area (Å²) in [6.45, 7) is 45.6. The number of halogens is 8. The van der Waals surface area contributed by atoms with Crippen LogP contribution in [0.5, 0.6) is 0 Å². The van der Waals surface area contributed by atoms with Crippen LogP contribution in [0.4, 0.5) is 32.1 Å². The molecule has 0 saturated heterocycles. The standard InChI is InChI=1S/C25H38ClN3O2SSi.C24H36ClN3O3SSi.C19H24ClN3O2S.C18H20ClN3O2S.C2H6O.2CH3F.CH3.BrH.ClH2NO2S.Mg/c1-9-17-11-18(10-15(17)2)29-24-20(13-27-14-28-24)22(30)21-12-19(23(26)32-21)16(3)31-33(7,8)25(4,5)6;1-14-8-17(9-16(14)12-29)28-23-19(11-26-13-27-23)21(30)20-10-18(22(25)32-20)15(2)31-33(6,7)24(3,4)5;1-4-12-6-13(5-10(12)2)23-19-15(8-21-9-22-19)17(25)16-7-14(11(3)24)18(20)26-16;1-3-11-5-13(4-10(11)2)22-18-14(7-20-9-21-18)16(24)15-6-12(8-23)17(19)25-15;1-2-3;2*1-2;;;1-5(2,3)4;/h12-18H,9-11H2,1-8H3,(H,27,28,29);10-11,13-17,29H,8-9,12H2,1-7H3,(H,26,27,28);7-13,24H,4-6H2,1-3H3,(H,21,22,23);6-11,13H,3-5H2,1-2H3,(H,20,21,22);3H,2H2,1H3;2*1H3;1H3;1H;(H2,2,3,4);/q;;;;;;;-1;;;+2/p-1/t15-,16?,17-,18-;14-,15?,16+,17-;10-,11?,12-,13-;10-,11-,13-;;;;;;;/m0000......./s1/i;;;;;2*1D;;;;. The van der Waals surface area contributed by atoms with Gasteiger partial charge in [0, 0.05) is 95.1 Å². The Hall–Kier alpha value is -4.63. The first-order valence-corrected chi connectivity index (χ1v) is 56.1. The summed E-state index contributed by atoms with van der Waals surface area (Å²) in [5, 5.41) is 45.0. The van der Waals surface area contributed by atoms with Crippen LogP contribution in [0.3, 0.4) is 0 Å². The molecule has 4 fully saturated rings. The monoisotopic (exact) mass is 2140 g/mol. The van der Waals surface area contributed by atoms with Crippen LogP contribution in [0.15, 0.2) is 74.4 Å². The second-order valence-electron chi connectivity index (χ2n) is 36.0. The van der Waals surface area contributed by atoms with Gasteiger partial charge in [-0.05, 0) is 187 Å². The number of rotatable bonds is 28. The zero-order valence-electron chi connectivity index (χ0n) is 81.7. The summed E-state index contributed by atoms with van der Waals surface area (Å²) >= 11 is 30.2. The molecule has 0 bridgehead atoms. The van der Waals surface area contributed by atoms with Crippen molar-refractivity contribution in [3.8, 4) is 0 Å². The molecular formula is C91H135BrCl5F2MgN13O12S5Si2. The van der Waals surface area contributed by atoms with Crippen molar-refractivity contribution in [3.05, 3.63) is 163 Å². The number of aldehydes is 1. The first-order valence-electron chi connectivity index (χ1n) is 44.5. The number of nitrogens with two attached hydrogens (primary N) is 1. The molecule has 12 rings (SSSR count). The van der Waals surface area contributed by atoms with Crippen molar-refractivity contribution in [1.82, 2.24) is 39.9 Å². The Morgan fingerprint density at radius 1 is 0.523 bits per heavy atom. The van der Waals surface area contributed by atoms with Crippen LogP contribution >= 0.6 is 102 Å². The van der Waals surface area contributed by atoms with Gasteiger partial charge in [0.1, 0.15) is 52.9 Å². The van der Waals surface area contributed by atoms with Gasteiger partial charge in [-0.15, -0.1) is 45.3 Å². The number of aliphatic hydroxyl groups excluding tert-OH is 3. The maximum Gasteiger partial charge on any atom is 2.00 e. The summed E-state index contributed by atoms with van der Waals surface area (Å²) in [6, 6.07) is 8.02. The number of carbonyl (C=O) groups excluding carboxylic acids is 5. The van der Waals surface area contributed by atoms with Crippen LogP contribution in [0.2, 0.25) is 53.6 Å². The van der Waals surface area contributed by atoms with Crippen molar-refractivity contribution >= 4 is 204 Å². The summed E-state index contributed by atoms with van der Waals surface area (Å²) in [4.78, 5) is 99.2. The minimum atomic E-state index is -3.69. The molecule has 8 heterocycles. The molecule has 0 amide bonds. The first-order chi connectivity index (χ1) is 61.3. The molecule has 25 nitrogen and oxygen atoms in total. The molecule has 4 saturated carbocycles. The smallest absolute Gasteiger partial charge is 1.00 e. The molecule has 4 aliphatic carbocycles. The normalized spacial score (nSPS) is 21.1. The van der Waals surface area contributed by atoms with Crippen molar-refractivity contribution in [2.24, 2.45) is 52.5 Å². The molecule has 41 heteroatoms. The number of alkyl halides is 2. The minimum Gasteiger partial charge on any atom is -1.00 e. The van der Waals surface area contributed by atoms with E-state index >= 15 is 0 Å². The molecule has 0 aliphatic heterocycles. The van der Waals surface area contributed by atoms with Gasteiger partial charge in [0.05, 0.1) is 90.1 Å². The van der Waals surface area contributed by atoms with E-state index in [1.54, 1.807) is 38.5 Å². The minimum absolute atomic E-state index is 0. The number of anilines is 4. The summed E-state index contributed by atoms with van der Waals surface area (Å²) < 4.78 is 64.3. The molecule has 0 aromatic carbocycles. The van der Waals surface area contributed by atoms with E-state index in [1.807, 2.05) is 26.0 Å². The number of nitrogens with one attached hydrogen (secondary N) is 4. The molecule has 4 aliphatic rings. The van der Waals surface area contributed by atoms with Gasteiger partial charge in [-0.1, -0.05) is 156 Å². The molecule has 15 atom stereocenters. The molecule has 0 spiro atoms. The number of aliphatic hydroxyl groups is 3. The summed E-state index contributed by atoms with van der Waals surface area (Å²) in [6.07, 6.45) is 23.4. The molecular weight excluding hydrogens is 2000 g/mol. The maximum atomic E-state index is 13.5. The van der Waals surface area contributed by atoms with E-state index in [0.717, 1.165) is 80.3 Å². The quantitative estimate of drug-likeness (QED) is 0.00742. The number of nitrogens with zero attached hydrogens (tertiary/aromatic N) is 8. The predicted molar refractivity (Wildman–Crippen MR) is 542 cm³/mol. The zero-order chi connectivity index (χ0) is 98.5. The SMILES string of the molecule is CC(O[Si](C)(C)C(C)(C)C)c1cc(C(=O)c2cncnc2N[C@@H]2C[C@H](CO)[C@@H](C)C2)sc1Cl.CCO.CC[C@H]1C[C@@H](Nc2ncncc2C(=O)c2cc(C(C)O)c(Cl)s2)C[C@@H]1C.CC[C@H]1C[C@@H](Nc2ncncc2C(=O)c2cc(C(C)O[Si](C)(C)C(C)(C)C)c(Cl)s2)C[C@@H]1C.CC[C@H]1C[C@@H](Nc2ncncc2C(=O)c2cc(C=O)c(Cl)s2)C[C@@H]1C.NS(=O)(=O)Cl.[2H]CF.[2H]CF.[Br-].[CH3-].[Mg+2]. The van der Waals surface area contributed by atoms with Crippen molar-refractivity contribution in [1.29, 1.82) is 0 Å². The van der Waals surface area contributed by atoms with Gasteiger partial charge in [0.2, 0.25) is 23.1 Å². The van der Waals surface area contributed by atoms with Crippen molar-refractivity contribution < 1.29 is 85.1 Å². The van der Waals surface area contributed by atoms with Crippen molar-refractivity contribution in [2.75, 3.05) is 48.8 Å². The maximum absolute atomic E-state index is 13.5. The van der Waals surface area contributed by atoms with Crippen LogP contribution in [0.25, 0.3) is 0 Å². The van der Waals surface area contributed by atoms with Gasteiger partial charge in [-0.2, -0.15) is 8.42 Å². The molecule has 8 aromatic heterocycles. The topological polar surface area (TPSA) is 376 Å². The van der Waals surface area contributed by atoms with E-state index in [2.05, 4.69) is 193 Å². The summed E-state index contributed by atoms with van der Waals surface area (Å²) in [5.41, 5.74) is 4.39. The van der Waals surface area contributed by atoms with Crippen molar-refractivity contribution in [3.63, 3.8) is 0 Å². The Morgan fingerprint density at radius 2 is 0.758 bits per heavy atom. The molecule has 0 radical (unpaired) electrons. The van der Waals surface area contributed by atoms with E-state index in [9.17, 15) is 51.4 Å². The Morgan fingerprint density at radius 3 is 0.970 bits per heavy atom. The molecule has 9 N–H and O–H groups in total. The average molecular weight is 2140 g/mol. The van der Waals surface area contributed by atoms with Crippen LogP contribution in [-0.2, 0) is 18.1 Å². The van der Waals surface area contributed by atoms with Crippen LogP contribution in [-0.4, -0.2) is 184 Å². The van der Waals surface area contributed by atoms with Crippen LogP contribution in [0, 0.1) is 54.8 Å². The Bertz CT molecular complexity index is 4950. The second kappa shape index (κ2) is 57.2. The second-order valence-corrected chi connectivity index (χ2v) is 54.4. The van der Waals surface area contributed by atoms with Gasteiger partial charge in [-0.25, -0.2) is 45.0 Å². The number of thiophene rings is 4. The molecule has 8 aromatic rings. The Balaban J connectivity index is 0.000000575. The number of ketones is 4. The predicted octanol–water partition coefficient (Wildman–Crippen LogP) is 20.9. The summed E-state index contributed by atoms with van der Waals surface area (Å²) in [7, 11) is -5.37. The zero-order valence-corrected chi connectivity index (χ0v) is 92.6. The van der Waals surface area contributed by atoms with E-state index in [0.29, 0.717) is 159 Å². The van der Waals surface area contributed by atoms with Gasteiger partial charge < -0.3 is 69.8 Å². The third kappa shape index (κ3) is 35.6. The first kappa shape index (κ1) is 120. The number of hydrogen-bond acceptors (Lipinski definition) is 28. The molecule has 132 heavy (non-hydrogen) atoms. The Labute approximate surface area is 852 Å². The average Bonchev–Trinajstić information content (AvgIpc) is 1.65. The van der Waals surface area contributed by atoms with Gasteiger partial charge in [0.25, 0.3) is 9.24 Å². The fourth-order valence-corrected chi connectivity index (χ4v) is 23.8. The third-order valence-corrected chi connectivity index (χ3v) is 39.6. The molecule has 3 unspecified atom stereocenters. The summed E-state index contributed by atoms with van der Waals surface area (Å²) in [5.74, 6) is 6.43. The van der Waals surface area contributed by atoms with Gasteiger partial charge >= 0.3 is 23.1 Å². The van der Waals surface area contributed by atoms with E-state index in [1.165, 1.54) is 84.4 Å². The van der Waals surface area contributed by atoms with E-state index < -0.39 is 46.3 Å². The number of hydrogen-bond donors (Lipinski definition) is 8. The number of carbonyl (C=O) groups is 5. The van der Waals surface area contributed by atoms with E-state index in [4.69, 9.17) is 63.1 Å². The fraction of sp³-hybridized carbons (Fsp3) is 0.582. The Kier molecular flexibility index (Phi) is 51.8. The largest absolute Gasteiger partial charge is 2.00 e. The third-order valence-electron chi connectivity index (χ3n) is 24.9. The van der Waals surface area contributed by atoms with Crippen LogP contribution in [0.1, 0.15) is 297 Å². The van der Waals surface area contributed by atoms with E-state index in [-0.39, 0.29) is 118 Å². The van der Waals surface area contributed by atoms with Crippen molar-refractivity contribution in [2.45, 2.75) is 267 Å². The molecule has 732 valence electrons. The number of aromatic nitrogens is 8. The van der Waals surface area contributed by atoms with Gasteiger partial charge in [0.15, 0.2) is 22.9 Å². The van der Waals surface area contributed by atoms with Crippen LogP contribution < -0.4 is 43.4 Å². The van der Waals surface area contributed by atoms with Gasteiger partial charge in [-0.3, -0.25) is 32.8 Å².